The number of rotatable bonds is 8. The molecule has 0 aliphatic heterocycles. The molecule has 0 saturated carbocycles. The van der Waals surface area contributed by atoms with Crippen LogP contribution < -0.4 is 5.32 Å². The minimum Gasteiger partial charge on any atom is -0.329 e. The molecular formula is C31H33ClN4O2. The highest BCUT2D eigenvalue weighted by atomic mass is 35.5. The molecule has 196 valence electrons. The summed E-state index contributed by atoms with van der Waals surface area (Å²) in [5, 5.41) is 3.60. The third-order valence-corrected chi connectivity index (χ3v) is 6.62. The predicted octanol–water partition coefficient (Wildman–Crippen LogP) is 6.85. The van der Waals surface area contributed by atoms with Gasteiger partial charge in [-0.15, -0.1) is 0 Å². The van der Waals surface area contributed by atoms with Gasteiger partial charge in [-0.1, -0.05) is 61.3 Å². The Balaban J connectivity index is 1.64. The van der Waals surface area contributed by atoms with E-state index in [0.717, 1.165) is 22.4 Å². The van der Waals surface area contributed by atoms with Gasteiger partial charge in [0.2, 0.25) is 11.9 Å². The number of hydrogen-bond acceptors (Lipinski definition) is 3. The van der Waals surface area contributed by atoms with E-state index in [2.05, 4.69) is 25.2 Å². The maximum absolute atomic E-state index is 13.3. The molecule has 0 radical (unpaired) electrons. The van der Waals surface area contributed by atoms with Crippen LogP contribution in [0, 0.1) is 26.7 Å². The smallest absolute Gasteiger partial charge is 0.254 e. The second-order valence-corrected chi connectivity index (χ2v) is 10.5. The van der Waals surface area contributed by atoms with E-state index >= 15 is 0 Å². The molecule has 0 spiro atoms. The highest BCUT2D eigenvalue weighted by molar-refractivity contribution is 6.30. The summed E-state index contributed by atoms with van der Waals surface area (Å²) in [6.45, 7) is 10.5. The molecule has 6 nitrogen and oxygen atoms in total. The van der Waals surface area contributed by atoms with Crippen LogP contribution in [0.4, 0.5) is 5.95 Å². The number of carbonyl (C=O) groups excluding carboxylic acids is 2. The summed E-state index contributed by atoms with van der Waals surface area (Å²) in [6.07, 6.45) is 1.90. The van der Waals surface area contributed by atoms with Crippen molar-refractivity contribution in [3.05, 3.63) is 100 Å². The van der Waals surface area contributed by atoms with Crippen LogP contribution in [0.3, 0.4) is 0 Å². The maximum atomic E-state index is 13.3. The molecule has 0 atom stereocenters. The van der Waals surface area contributed by atoms with Crippen LogP contribution in [0.5, 0.6) is 0 Å². The van der Waals surface area contributed by atoms with Crippen LogP contribution in [0.1, 0.15) is 40.9 Å². The number of aromatic nitrogens is 2. The third kappa shape index (κ3) is 6.50. The largest absolute Gasteiger partial charge is 0.329 e. The second kappa shape index (κ2) is 11.7. The molecule has 3 aromatic carbocycles. The lowest BCUT2D eigenvalue weighted by atomic mass is 10.1. The number of imidazole rings is 1. The van der Waals surface area contributed by atoms with Gasteiger partial charge in [0.1, 0.15) is 6.54 Å². The Morgan fingerprint density at radius 2 is 1.63 bits per heavy atom. The van der Waals surface area contributed by atoms with Crippen molar-refractivity contribution >= 4 is 29.4 Å². The van der Waals surface area contributed by atoms with Crippen LogP contribution in [-0.4, -0.2) is 39.4 Å². The molecule has 1 N–H and O–H groups in total. The van der Waals surface area contributed by atoms with E-state index in [1.807, 2.05) is 80.1 Å². The standard InChI is InChI=1S/C31H33ClN4O2/c1-20(2)17-35(30(38)25-9-6-21(3)7-10-25)19-29(37)34-31-33-28(24-11-13-26(32)14-12-24)18-36(31)27-15-8-22(4)23(5)16-27/h6-16,18,20H,17,19H2,1-5H3,(H,33,34,37). The van der Waals surface area contributed by atoms with E-state index in [-0.39, 0.29) is 24.3 Å². The number of nitrogens with zero attached hydrogens (tertiary/aromatic N) is 3. The quantitative estimate of drug-likeness (QED) is 0.272. The van der Waals surface area contributed by atoms with Gasteiger partial charge in [-0.05, 0) is 74.2 Å². The van der Waals surface area contributed by atoms with Gasteiger partial charge < -0.3 is 4.90 Å². The minimum absolute atomic E-state index is 0.0824. The molecule has 2 amide bonds. The van der Waals surface area contributed by atoms with Gasteiger partial charge in [0, 0.05) is 34.6 Å². The highest BCUT2D eigenvalue weighted by Crippen LogP contribution is 2.26. The Bertz CT molecular complexity index is 1440. The molecule has 0 aliphatic carbocycles. The minimum atomic E-state index is -0.315. The molecule has 0 aliphatic rings. The number of anilines is 1. The summed E-state index contributed by atoms with van der Waals surface area (Å²) in [4.78, 5) is 32.9. The van der Waals surface area contributed by atoms with Crippen LogP contribution in [0.15, 0.2) is 72.9 Å². The molecule has 0 unspecified atom stereocenters. The number of benzene rings is 3. The van der Waals surface area contributed by atoms with Crippen molar-refractivity contribution in [1.82, 2.24) is 14.5 Å². The zero-order valence-corrected chi connectivity index (χ0v) is 23.2. The lowest BCUT2D eigenvalue weighted by molar-refractivity contribution is -0.117. The predicted molar refractivity (Wildman–Crippen MR) is 154 cm³/mol. The van der Waals surface area contributed by atoms with Crippen molar-refractivity contribution in [2.75, 3.05) is 18.4 Å². The van der Waals surface area contributed by atoms with E-state index in [1.165, 1.54) is 5.56 Å². The van der Waals surface area contributed by atoms with Gasteiger partial charge in [-0.3, -0.25) is 19.5 Å². The molecule has 0 bridgehead atoms. The van der Waals surface area contributed by atoms with E-state index in [1.54, 1.807) is 17.0 Å². The lowest BCUT2D eigenvalue weighted by Gasteiger charge is -2.24. The van der Waals surface area contributed by atoms with Crippen molar-refractivity contribution in [2.24, 2.45) is 5.92 Å². The van der Waals surface area contributed by atoms with Crippen molar-refractivity contribution in [3.63, 3.8) is 0 Å². The average Bonchev–Trinajstić information content (AvgIpc) is 3.29. The summed E-state index contributed by atoms with van der Waals surface area (Å²) in [7, 11) is 0. The van der Waals surface area contributed by atoms with Gasteiger partial charge in [0.25, 0.3) is 5.91 Å². The molecule has 1 aromatic heterocycles. The fourth-order valence-corrected chi connectivity index (χ4v) is 4.30. The average molecular weight is 529 g/mol. The number of halogens is 1. The zero-order valence-electron chi connectivity index (χ0n) is 22.5. The van der Waals surface area contributed by atoms with Gasteiger partial charge >= 0.3 is 0 Å². The summed E-state index contributed by atoms with van der Waals surface area (Å²) in [6, 6.07) is 20.9. The van der Waals surface area contributed by atoms with E-state index in [4.69, 9.17) is 16.6 Å². The molecule has 4 aromatic rings. The topological polar surface area (TPSA) is 67.2 Å². The van der Waals surface area contributed by atoms with Crippen molar-refractivity contribution in [3.8, 4) is 16.9 Å². The molecule has 0 saturated heterocycles. The normalized spacial score (nSPS) is 11.0. The first-order valence-electron chi connectivity index (χ1n) is 12.7. The number of aryl methyl sites for hydroxylation is 3. The molecule has 7 heteroatoms. The van der Waals surface area contributed by atoms with Gasteiger partial charge in [0.15, 0.2) is 0 Å². The first-order chi connectivity index (χ1) is 18.1. The van der Waals surface area contributed by atoms with Crippen molar-refractivity contribution in [1.29, 1.82) is 0 Å². The van der Waals surface area contributed by atoms with Gasteiger partial charge in [-0.25, -0.2) is 4.98 Å². The van der Waals surface area contributed by atoms with Crippen LogP contribution in [-0.2, 0) is 4.79 Å². The highest BCUT2D eigenvalue weighted by Gasteiger charge is 2.22. The Labute approximate surface area is 229 Å². The van der Waals surface area contributed by atoms with Crippen molar-refractivity contribution in [2.45, 2.75) is 34.6 Å². The lowest BCUT2D eigenvalue weighted by Crippen LogP contribution is -2.40. The summed E-state index contributed by atoms with van der Waals surface area (Å²) in [5.74, 6) is 0.0966. The second-order valence-electron chi connectivity index (χ2n) is 10.1. The van der Waals surface area contributed by atoms with E-state index in [0.29, 0.717) is 28.8 Å². The summed E-state index contributed by atoms with van der Waals surface area (Å²) in [5.41, 5.74) is 6.40. The van der Waals surface area contributed by atoms with E-state index < -0.39 is 0 Å². The molecule has 0 fully saturated rings. The Morgan fingerprint density at radius 1 is 0.947 bits per heavy atom. The number of carbonyl (C=O) groups is 2. The maximum Gasteiger partial charge on any atom is 0.254 e. The van der Waals surface area contributed by atoms with Crippen LogP contribution >= 0.6 is 11.6 Å². The summed E-state index contributed by atoms with van der Waals surface area (Å²) < 4.78 is 1.86. The van der Waals surface area contributed by atoms with Crippen molar-refractivity contribution < 1.29 is 9.59 Å². The Morgan fingerprint density at radius 3 is 2.26 bits per heavy atom. The van der Waals surface area contributed by atoms with Gasteiger partial charge in [0.05, 0.1) is 5.69 Å². The summed E-state index contributed by atoms with van der Waals surface area (Å²) >= 11 is 6.08. The number of hydrogen-bond donors (Lipinski definition) is 1. The monoisotopic (exact) mass is 528 g/mol. The molecule has 38 heavy (non-hydrogen) atoms. The first kappa shape index (κ1) is 27.1. The third-order valence-electron chi connectivity index (χ3n) is 6.37. The molecule has 1 heterocycles. The fraction of sp³-hybridized carbons (Fsp3) is 0.258. The Kier molecular flexibility index (Phi) is 8.32. The number of nitrogens with one attached hydrogen (secondary N) is 1. The first-order valence-corrected chi connectivity index (χ1v) is 13.1. The van der Waals surface area contributed by atoms with Crippen LogP contribution in [0.25, 0.3) is 16.9 Å². The number of amides is 2. The Hall–Kier alpha value is -3.90. The molecule has 4 rings (SSSR count). The van der Waals surface area contributed by atoms with Crippen LogP contribution in [0.2, 0.25) is 5.02 Å². The molecular weight excluding hydrogens is 496 g/mol. The van der Waals surface area contributed by atoms with E-state index in [9.17, 15) is 9.59 Å². The zero-order chi connectivity index (χ0) is 27.4. The SMILES string of the molecule is Cc1ccc(C(=O)N(CC(=O)Nc2nc(-c3ccc(Cl)cc3)cn2-c2ccc(C)c(C)c2)CC(C)C)cc1. The fourth-order valence-electron chi connectivity index (χ4n) is 4.18. The van der Waals surface area contributed by atoms with Gasteiger partial charge in [-0.2, -0.15) is 0 Å².